The van der Waals surface area contributed by atoms with Crippen molar-refractivity contribution >= 4 is 58.5 Å². The molecule has 0 aliphatic heterocycles. The molecule has 0 aliphatic rings. The zero-order valence-electron chi connectivity index (χ0n) is 16.6. The summed E-state index contributed by atoms with van der Waals surface area (Å²) in [5, 5.41) is 8.12. The van der Waals surface area contributed by atoms with Crippen molar-refractivity contribution in [2.45, 2.75) is 13.0 Å². The highest BCUT2D eigenvalue weighted by Crippen LogP contribution is 2.24. The van der Waals surface area contributed by atoms with E-state index in [0.717, 1.165) is 5.56 Å². The lowest BCUT2D eigenvalue weighted by atomic mass is 10.2. The molecule has 0 aliphatic carbocycles. The average Bonchev–Trinajstić information content (AvgIpc) is 2.75. The summed E-state index contributed by atoms with van der Waals surface area (Å²) in [6.07, 6.45) is 1.06. The first-order chi connectivity index (χ1) is 15.4. The molecule has 3 aromatic carbocycles. The van der Waals surface area contributed by atoms with E-state index in [1.807, 2.05) is 12.1 Å². The molecule has 0 radical (unpaired) electrons. The molecular formula is C23H18Cl3N3O3. The van der Waals surface area contributed by atoms with Gasteiger partial charge in [-0.2, -0.15) is 5.10 Å². The molecule has 0 spiro atoms. The maximum atomic E-state index is 12.0. The molecule has 32 heavy (non-hydrogen) atoms. The van der Waals surface area contributed by atoms with Crippen LogP contribution in [0.4, 0.5) is 5.69 Å². The summed E-state index contributed by atoms with van der Waals surface area (Å²) >= 11 is 17.9. The molecule has 0 unspecified atom stereocenters. The summed E-state index contributed by atoms with van der Waals surface area (Å²) in [6.45, 7) is 0.234. The third-order valence-corrected chi connectivity index (χ3v) is 5.00. The fourth-order valence-electron chi connectivity index (χ4n) is 2.61. The summed E-state index contributed by atoms with van der Waals surface area (Å²) in [4.78, 5) is 24.0. The van der Waals surface area contributed by atoms with Gasteiger partial charge >= 0.3 is 0 Å². The molecular weight excluding hydrogens is 473 g/mol. The number of carbonyl (C=O) groups excluding carboxylic acids is 2. The Balaban J connectivity index is 1.53. The monoisotopic (exact) mass is 489 g/mol. The maximum Gasteiger partial charge on any atom is 0.249 e. The Morgan fingerprint density at radius 2 is 1.62 bits per heavy atom. The Morgan fingerprint density at radius 3 is 2.38 bits per heavy atom. The minimum atomic E-state index is -0.556. The number of anilines is 1. The smallest absolute Gasteiger partial charge is 0.249 e. The maximum absolute atomic E-state index is 12.0. The Kier molecular flexibility index (Phi) is 8.50. The van der Waals surface area contributed by atoms with Crippen LogP contribution in [0.25, 0.3) is 0 Å². The number of nitrogens with one attached hydrogen (secondary N) is 2. The van der Waals surface area contributed by atoms with Crippen LogP contribution < -0.4 is 15.5 Å². The molecule has 0 fully saturated rings. The van der Waals surface area contributed by atoms with Gasteiger partial charge in [-0.25, -0.2) is 5.43 Å². The van der Waals surface area contributed by atoms with Gasteiger partial charge in [0.15, 0.2) is 0 Å². The van der Waals surface area contributed by atoms with Gasteiger partial charge in [0.25, 0.3) is 0 Å². The van der Waals surface area contributed by atoms with Crippen molar-refractivity contribution in [3.63, 3.8) is 0 Å². The van der Waals surface area contributed by atoms with Gasteiger partial charge in [0.1, 0.15) is 18.8 Å². The van der Waals surface area contributed by atoms with Crippen LogP contribution >= 0.6 is 34.8 Å². The predicted octanol–water partition coefficient (Wildman–Crippen LogP) is 5.70. The van der Waals surface area contributed by atoms with Crippen molar-refractivity contribution in [1.29, 1.82) is 0 Å². The number of benzene rings is 3. The number of carbonyl (C=O) groups is 2. The molecule has 0 saturated carbocycles. The molecule has 2 N–H and O–H groups in total. The van der Waals surface area contributed by atoms with Crippen LogP contribution in [0.5, 0.6) is 5.75 Å². The van der Waals surface area contributed by atoms with E-state index in [-0.39, 0.29) is 13.0 Å². The van der Waals surface area contributed by atoms with Crippen LogP contribution in [0.15, 0.2) is 71.8 Å². The van der Waals surface area contributed by atoms with Crippen molar-refractivity contribution in [3.05, 3.63) is 92.9 Å². The Morgan fingerprint density at radius 1 is 0.906 bits per heavy atom. The number of rotatable bonds is 8. The van der Waals surface area contributed by atoms with Crippen LogP contribution in [0.1, 0.15) is 17.5 Å². The molecule has 0 saturated heterocycles. The standard InChI is InChI=1S/C23H18Cl3N3O3/c24-17-7-9-19(10-8-17)28-22(30)12-23(31)29-27-13-15-3-1-2-4-21(15)32-14-16-5-6-18(25)11-20(16)26/h1-11,13H,12,14H2,(H,28,30)(H,29,31). The average molecular weight is 491 g/mol. The lowest BCUT2D eigenvalue weighted by Gasteiger charge is -2.10. The first kappa shape index (κ1) is 23.6. The molecule has 0 bridgehead atoms. The molecule has 9 heteroatoms. The summed E-state index contributed by atoms with van der Waals surface area (Å²) in [7, 11) is 0. The van der Waals surface area contributed by atoms with Gasteiger partial charge in [0.2, 0.25) is 11.8 Å². The quantitative estimate of drug-likeness (QED) is 0.241. The fourth-order valence-corrected chi connectivity index (χ4v) is 3.20. The zero-order valence-corrected chi connectivity index (χ0v) is 18.9. The van der Waals surface area contributed by atoms with Crippen LogP contribution in [0.2, 0.25) is 15.1 Å². The molecule has 0 heterocycles. The number of amides is 2. The summed E-state index contributed by atoms with van der Waals surface area (Å²) in [6, 6.07) is 18.9. The van der Waals surface area contributed by atoms with Gasteiger partial charge in [-0.05, 0) is 48.5 Å². The Labute approximate surface area is 200 Å². The normalized spacial score (nSPS) is 10.7. The van der Waals surface area contributed by atoms with E-state index in [9.17, 15) is 9.59 Å². The van der Waals surface area contributed by atoms with E-state index in [1.54, 1.807) is 54.6 Å². The van der Waals surface area contributed by atoms with E-state index >= 15 is 0 Å². The number of hydrazone groups is 1. The van der Waals surface area contributed by atoms with Gasteiger partial charge in [-0.3, -0.25) is 9.59 Å². The number of ether oxygens (including phenoxy) is 1. The van der Waals surface area contributed by atoms with Gasteiger partial charge in [0, 0.05) is 31.9 Å². The number of halogens is 3. The topological polar surface area (TPSA) is 79.8 Å². The zero-order chi connectivity index (χ0) is 22.9. The van der Waals surface area contributed by atoms with Crippen LogP contribution in [0.3, 0.4) is 0 Å². The summed E-state index contributed by atoms with van der Waals surface area (Å²) in [5.41, 5.74) is 4.30. The van der Waals surface area contributed by atoms with Crippen LogP contribution in [-0.4, -0.2) is 18.0 Å². The highest BCUT2D eigenvalue weighted by atomic mass is 35.5. The number of hydrogen-bond acceptors (Lipinski definition) is 4. The number of para-hydroxylation sites is 1. The van der Waals surface area contributed by atoms with E-state index in [2.05, 4.69) is 15.8 Å². The molecule has 2 amide bonds. The Hall–Kier alpha value is -3.06. The van der Waals surface area contributed by atoms with Crippen molar-refractivity contribution in [2.75, 3.05) is 5.32 Å². The second-order valence-corrected chi connectivity index (χ2v) is 7.87. The fraction of sp³-hybridized carbons (Fsp3) is 0.0870. The van der Waals surface area contributed by atoms with Gasteiger partial charge in [0.05, 0.1) is 6.21 Å². The summed E-state index contributed by atoms with van der Waals surface area (Å²) < 4.78 is 5.84. The van der Waals surface area contributed by atoms with Crippen molar-refractivity contribution in [2.24, 2.45) is 5.10 Å². The molecule has 6 nitrogen and oxygen atoms in total. The molecule has 0 aromatic heterocycles. The van der Waals surface area contributed by atoms with Crippen molar-refractivity contribution < 1.29 is 14.3 Å². The van der Waals surface area contributed by atoms with E-state index < -0.39 is 11.8 Å². The second kappa shape index (κ2) is 11.5. The molecule has 3 rings (SSSR count). The van der Waals surface area contributed by atoms with Gasteiger partial charge in [-0.15, -0.1) is 0 Å². The van der Waals surface area contributed by atoms with Crippen LogP contribution in [0, 0.1) is 0 Å². The lowest BCUT2D eigenvalue weighted by Crippen LogP contribution is -2.24. The van der Waals surface area contributed by atoms with Crippen molar-refractivity contribution in [1.82, 2.24) is 5.43 Å². The number of nitrogens with zero attached hydrogens (tertiary/aromatic N) is 1. The molecule has 164 valence electrons. The van der Waals surface area contributed by atoms with E-state index in [1.165, 1.54) is 6.21 Å². The van der Waals surface area contributed by atoms with E-state index in [4.69, 9.17) is 39.5 Å². The lowest BCUT2D eigenvalue weighted by molar-refractivity contribution is -0.126. The van der Waals surface area contributed by atoms with Crippen molar-refractivity contribution in [3.8, 4) is 5.75 Å². The molecule has 3 aromatic rings. The number of hydrogen-bond donors (Lipinski definition) is 2. The third kappa shape index (κ3) is 7.27. The highest BCUT2D eigenvalue weighted by molar-refractivity contribution is 6.35. The van der Waals surface area contributed by atoms with E-state index in [0.29, 0.717) is 32.1 Å². The first-order valence-electron chi connectivity index (χ1n) is 9.44. The first-order valence-corrected chi connectivity index (χ1v) is 10.6. The second-order valence-electron chi connectivity index (χ2n) is 6.59. The highest BCUT2D eigenvalue weighted by Gasteiger charge is 2.09. The van der Waals surface area contributed by atoms with Gasteiger partial charge < -0.3 is 10.1 Å². The Bertz CT molecular complexity index is 1130. The minimum Gasteiger partial charge on any atom is -0.488 e. The van der Waals surface area contributed by atoms with Crippen LogP contribution in [-0.2, 0) is 16.2 Å². The minimum absolute atomic E-state index is 0.234. The largest absolute Gasteiger partial charge is 0.488 e. The SMILES string of the molecule is O=C(CC(=O)Nc1ccc(Cl)cc1)NN=Cc1ccccc1OCc1ccc(Cl)cc1Cl. The summed E-state index contributed by atoms with van der Waals surface area (Å²) in [5.74, 6) is -0.473. The predicted molar refractivity (Wildman–Crippen MR) is 128 cm³/mol. The molecule has 0 atom stereocenters. The third-order valence-electron chi connectivity index (χ3n) is 4.16. The van der Waals surface area contributed by atoms with Gasteiger partial charge in [-0.1, -0.05) is 53.0 Å².